The van der Waals surface area contributed by atoms with Gasteiger partial charge in [0.25, 0.3) is 0 Å². The largest absolute Gasteiger partial charge is 0.490 e. The van der Waals surface area contributed by atoms with Gasteiger partial charge in [0.05, 0.1) is 17.3 Å². The van der Waals surface area contributed by atoms with Crippen molar-refractivity contribution >= 4 is 46.0 Å². The van der Waals surface area contributed by atoms with Crippen molar-refractivity contribution in [2.75, 3.05) is 23.3 Å². The molecule has 0 unspecified atom stereocenters. The van der Waals surface area contributed by atoms with Crippen LogP contribution in [0.2, 0.25) is 5.02 Å². The van der Waals surface area contributed by atoms with Gasteiger partial charge in [-0.1, -0.05) is 11.6 Å². The quantitative estimate of drug-likeness (QED) is 0.323. The Bertz CT molecular complexity index is 1340. The van der Waals surface area contributed by atoms with E-state index in [1.807, 2.05) is 6.07 Å². The average Bonchev–Trinajstić information content (AvgIpc) is 3.67. The Morgan fingerprint density at radius 2 is 1.63 bits per heavy atom. The number of benzene rings is 1. The van der Waals surface area contributed by atoms with Gasteiger partial charge in [-0.3, -0.25) is 9.78 Å². The number of halogens is 6. The maximum atomic E-state index is 14.2. The van der Waals surface area contributed by atoms with E-state index in [0.717, 1.165) is 42.1 Å². The van der Waals surface area contributed by atoms with E-state index in [1.54, 1.807) is 12.4 Å². The third-order valence-electron chi connectivity index (χ3n) is 6.03. The predicted molar refractivity (Wildman–Crippen MR) is 128 cm³/mol. The van der Waals surface area contributed by atoms with E-state index >= 15 is 0 Å². The van der Waals surface area contributed by atoms with Crippen molar-refractivity contribution in [1.82, 2.24) is 15.0 Å². The van der Waals surface area contributed by atoms with Crippen molar-refractivity contribution in [1.29, 1.82) is 0 Å². The molecule has 14 heteroatoms. The number of carboxylic acids is 1. The van der Waals surface area contributed by atoms with E-state index in [9.17, 15) is 26.7 Å². The first-order valence-electron chi connectivity index (χ1n) is 11.6. The van der Waals surface area contributed by atoms with Gasteiger partial charge in [0.2, 0.25) is 0 Å². The standard InChI is InChI=1S/C22H20ClF2N5O.C2HF3O2/c23-13-9-15(24)19(16(25)10-13)20(31)12-4-7-30(8-5-12)22-21(27-14-1-2-14)28-17-3-6-26-11-18(17)29-22;3-2(4,5)1(6)7/h3,6,9-12,14H,1-2,4-5,7-8H2,(H,27,28);(H,6,7). The fourth-order valence-electron chi connectivity index (χ4n) is 3.97. The lowest BCUT2D eigenvalue weighted by molar-refractivity contribution is -0.192. The van der Waals surface area contributed by atoms with E-state index < -0.39 is 41.0 Å². The minimum Gasteiger partial charge on any atom is -0.475 e. The number of carbonyl (C=O) groups excluding carboxylic acids is 1. The molecule has 202 valence electrons. The molecule has 38 heavy (non-hydrogen) atoms. The molecule has 0 bridgehead atoms. The van der Waals surface area contributed by atoms with Crippen molar-refractivity contribution in [2.24, 2.45) is 5.92 Å². The molecule has 1 aromatic carbocycles. The van der Waals surface area contributed by atoms with Crippen molar-refractivity contribution in [3.63, 3.8) is 0 Å². The number of piperidine rings is 1. The zero-order chi connectivity index (χ0) is 27.6. The summed E-state index contributed by atoms with van der Waals surface area (Å²) in [5.41, 5.74) is 0.957. The van der Waals surface area contributed by atoms with Gasteiger partial charge in [0, 0.05) is 36.3 Å². The molecule has 1 aliphatic heterocycles. The van der Waals surface area contributed by atoms with Gasteiger partial charge < -0.3 is 15.3 Å². The number of nitrogens with one attached hydrogen (secondary N) is 1. The number of hydrogen-bond donors (Lipinski definition) is 2. The lowest BCUT2D eigenvalue weighted by atomic mass is 9.88. The highest BCUT2D eigenvalue weighted by atomic mass is 35.5. The Hall–Kier alpha value is -3.61. The minimum absolute atomic E-state index is 0.0681. The Balaban J connectivity index is 0.000000426. The smallest absolute Gasteiger partial charge is 0.475 e. The monoisotopic (exact) mass is 557 g/mol. The number of hydrogen-bond acceptors (Lipinski definition) is 7. The van der Waals surface area contributed by atoms with Crippen molar-refractivity contribution in [2.45, 2.75) is 37.9 Å². The SMILES string of the molecule is O=C(O)C(F)(F)F.O=C(c1c(F)cc(Cl)cc1F)C1CCN(c2nc3cnccc3nc2NC2CC2)CC1. The van der Waals surface area contributed by atoms with Crippen molar-refractivity contribution in [3.05, 3.63) is 52.8 Å². The van der Waals surface area contributed by atoms with Crippen LogP contribution in [0.25, 0.3) is 11.0 Å². The second-order valence-corrected chi connectivity index (χ2v) is 9.29. The Labute approximate surface area is 217 Å². The number of alkyl halides is 3. The summed E-state index contributed by atoms with van der Waals surface area (Å²) in [6.07, 6.45) is 1.42. The molecule has 1 saturated carbocycles. The number of carboxylic acid groups (broad SMARTS) is 1. The van der Waals surface area contributed by atoms with E-state index in [0.29, 0.717) is 37.5 Å². The molecule has 2 aromatic heterocycles. The van der Waals surface area contributed by atoms with Crippen LogP contribution >= 0.6 is 11.6 Å². The molecule has 1 saturated heterocycles. The number of rotatable bonds is 5. The minimum atomic E-state index is -5.08. The summed E-state index contributed by atoms with van der Waals surface area (Å²) >= 11 is 5.68. The molecular formula is C24H21ClF5N5O3. The third-order valence-corrected chi connectivity index (χ3v) is 6.25. The van der Waals surface area contributed by atoms with Crippen LogP contribution in [-0.2, 0) is 4.79 Å². The molecule has 5 rings (SSSR count). The molecule has 2 fully saturated rings. The van der Waals surface area contributed by atoms with Crippen LogP contribution in [0.1, 0.15) is 36.0 Å². The Morgan fingerprint density at radius 1 is 1.03 bits per heavy atom. The fraction of sp³-hybridized carbons (Fsp3) is 0.375. The summed E-state index contributed by atoms with van der Waals surface area (Å²) in [7, 11) is 0. The third kappa shape index (κ3) is 6.44. The highest BCUT2D eigenvalue weighted by molar-refractivity contribution is 6.30. The summed E-state index contributed by atoms with van der Waals surface area (Å²) in [6.45, 7) is 1.07. The Morgan fingerprint density at radius 3 is 2.18 bits per heavy atom. The van der Waals surface area contributed by atoms with Gasteiger partial charge in [-0.25, -0.2) is 23.5 Å². The summed E-state index contributed by atoms with van der Waals surface area (Å²) < 4.78 is 60.1. The van der Waals surface area contributed by atoms with Crippen molar-refractivity contribution < 1.29 is 36.6 Å². The van der Waals surface area contributed by atoms with E-state index in [-0.39, 0.29) is 5.02 Å². The molecule has 0 amide bonds. The maximum absolute atomic E-state index is 14.2. The first-order valence-corrected chi connectivity index (χ1v) is 11.9. The van der Waals surface area contributed by atoms with E-state index in [2.05, 4.69) is 15.2 Å². The van der Waals surface area contributed by atoms with Gasteiger partial charge >= 0.3 is 12.1 Å². The van der Waals surface area contributed by atoms with E-state index in [4.69, 9.17) is 31.5 Å². The topological polar surface area (TPSA) is 108 Å². The van der Waals surface area contributed by atoms with Crippen LogP contribution < -0.4 is 10.2 Å². The number of carbonyl (C=O) groups is 2. The first-order chi connectivity index (χ1) is 17.9. The number of fused-ring (bicyclic) bond motifs is 1. The average molecular weight is 558 g/mol. The number of ketones is 1. The van der Waals surface area contributed by atoms with Crippen LogP contribution in [0.3, 0.4) is 0 Å². The van der Waals surface area contributed by atoms with Gasteiger partial charge in [0.1, 0.15) is 17.2 Å². The molecule has 0 atom stereocenters. The van der Waals surface area contributed by atoms with E-state index in [1.165, 1.54) is 0 Å². The molecule has 3 heterocycles. The first kappa shape index (κ1) is 27.4. The fourth-order valence-corrected chi connectivity index (χ4v) is 4.16. The van der Waals surface area contributed by atoms with Gasteiger partial charge in [-0.2, -0.15) is 13.2 Å². The summed E-state index contributed by atoms with van der Waals surface area (Å²) in [5, 5.41) is 10.5. The summed E-state index contributed by atoms with van der Waals surface area (Å²) in [5.74, 6) is -4.12. The van der Waals surface area contributed by atoms with Crippen molar-refractivity contribution in [3.8, 4) is 0 Å². The Kier molecular flexibility index (Phi) is 7.95. The van der Waals surface area contributed by atoms with Gasteiger partial charge in [-0.05, 0) is 43.9 Å². The maximum Gasteiger partial charge on any atom is 0.490 e. The number of pyridine rings is 1. The zero-order valence-electron chi connectivity index (χ0n) is 19.6. The highest BCUT2D eigenvalue weighted by Crippen LogP contribution is 2.34. The number of Topliss-reactive ketones (excluding diaryl/α,β-unsaturated/α-hetero) is 1. The molecule has 0 radical (unpaired) electrons. The molecule has 2 aliphatic rings. The molecule has 2 N–H and O–H groups in total. The second kappa shape index (κ2) is 11.0. The number of nitrogens with zero attached hydrogens (tertiary/aromatic N) is 4. The molecule has 0 spiro atoms. The molecule has 3 aromatic rings. The van der Waals surface area contributed by atoms with Crippen LogP contribution in [0, 0.1) is 17.6 Å². The normalized spacial score (nSPS) is 16.1. The summed E-state index contributed by atoms with van der Waals surface area (Å²) in [6, 6.07) is 4.18. The summed E-state index contributed by atoms with van der Waals surface area (Å²) in [4.78, 5) is 37.4. The number of anilines is 2. The molecule has 1 aliphatic carbocycles. The number of aliphatic carboxylic acids is 1. The zero-order valence-corrected chi connectivity index (χ0v) is 20.4. The lowest BCUT2D eigenvalue weighted by Gasteiger charge is -2.33. The van der Waals surface area contributed by atoms with Crippen LogP contribution in [0.4, 0.5) is 33.6 Å². The number of aromatic nitrogens is 3. The molecular weight excluding hydrogens is 537 g/mol. The lowest BCUT2D eigenvalue weighted by Crippen LogP contribution is -2.38. The second-order valence-electron chi connectivity index (χ2n) is 8.85. The van der Waals surface area contributed by atoms with Gasteiger partial charge in [0.15, 0.2) is 17.4 Å². The highest BCUT2D eigenvalue weighted by Gasteiger charge is 2.38. The van der Waals surface area contributed by atoms with Crippen LogP contribution in [0.15, 0.2) is 30.6 Å². The van der Waals surface area contributed by atoms with Gasteiger partial charge in [-0.15, -0.1) is 0 Å². The molecule has 8 nitrogen and oxygen atoms in total. The van der Waals surface area contributed by atoms with Crippen LogP contribution in [0.5, 0.6) is 0 Å². The predicted octanol–water partition coefficient (Wildman–Crippen LogP) is 5.26. The van der Waals surface area contributed by atoms with Crippen LogP contribution in [-0.4, -0.2) is 57.1 Å².